The van der Waals surface area contributed by atoms with E-state index in [1.165, 1.54) is 0 Å². The van der Waals surface area contributed by atoms with Crippen molar-refractivity contribution in [3.63, 3.8) is 0 Å². The molecule has 7 nitrogen and oxygen atoms in total. The molecule has 0 unspecified atom stereocenters. The molecule has 2 aromatic carbocycles. The quantitative estimate of drug-likeness (QED) is 0.282. The van der Waals surface area contributed by atoms with Gasteiger partial charge in [-0.25, -0.2) is 0 Å². The van der Waals surface area contributed by atoms with Crippen molar-refractivity contribution in [1.82, 2.24) is 15.6 Å². The Kier molecular flexibility index (Phi) is 6.63. The number of aromatic amines is 1. The number of fused-ring (bicyclic) bond motifs is 1. The zero-order chi connectivity index (χ0) is 20.6. The number of nitrogens with two attached hydrogens (primary N) is 1. The molecule has 1 aromatic heterocycles. The van der Waals surface area contributed by atoms with Crippen LogP contribution in [0.1, 0.15) is 23.1 Å². The molecule has 150 valence electrons. The molecule has 1 heterocycles. The van der Waals surface area contributed by atoms with Crippen molar-refractivity contribution in [2.45, 2.75) is 19.3 Å². The molecule has 0 atom stereocenters. The fraction of sp³-hybridized carbons (Fsp3) is 0.227. The van der Waals surface area contributed by atoms with Crippen LogP contribution in [0, 0.1) is 5.41 Å². The van der Waals surface area contributed by atoms with Crippen LogP contribution in [0.4, 0.5) is 0 Å². The molecule has 0 aliphatic rings. The van der Waals surface area contributed by atoms with E-state index in [4.69, 9.17) is 11.1 Å². The Labute approximate surface area is 169 Å². The average Bonchev–Trinajstić information content (AvgIpc) is 3.14. The van der Waals surface area contributed by atoms with Crippen molar-refractivity contribution in [2.24, 2.45) is 5.73 Å². The fourth-order valence-corrected chi connectivity index (χ4v) is 3.16. The van der Waals surface area contributed by atoms with Crippen molar-refractivity contribution >= 4 is 28.6 Å². The summed E-state index contributed by atoms with van der Waals surface area (Å²) in [6.45, 7) is 0.467. The molecular weight excluding hydrogens is 366 g/mol. The second-order valence-electron chi connectivity index (χ2n) is 6.85. The number of benzene rings is 2. The highest BCUT2D eigenvalue weighted by molar-refractivity contribution is 5.95. The topological polar surface area (TPSA) is 124 Å². The maximum Gasteiger partial charge on any atom is 0.239 e. The first-order valence-corrected chi connectivity index (χ1v) is 9.54. The summed E-state index contributed by atoms with van der Waals surface area (Å²) in [5.41, 5.74) is 9.27. The Morgan fingerprint density at radius 1 is 1.00 bits per heavy atom. The van der Waals surface area contributed by atoms with E-state index in [0.717, 1.165) is 28.5 Å². The van der Waals surface area contributed by atoms with Crippen LogP contribution in [0.15, 0.2) is 54.7 Å². The lowest BCUT2D eigenvalue weighted by Gasteiger charge is -2.07. The standard InChI is InChI=1S/C22H25N5O2/c23-22(24)16-5-3-4-15(12-16)8-9-20(28)27-14-21(29)25-11-10-17-13-26-19-7-2-1-6-18(17)19/h1-7,12-13,26H,8-11,14H2,(H3,23,24)(H,25,29)(H,27,28). The Hall–Kier alpha value is -3.61. The molecule has 0 saturated carbocycles. The third-order valence-electron chi connectivity index (χ3n) is 4.72. The number of hydrogen-bond acceptors (Lipinski definition) is 3. The SMILES string of the molecule is N=C(N)c1cccc(CCC(=O)NCC(=O)NCCc2c[nH]c3ccccc23)c1. The molecule has 0 saturated heterocycles. The normalized spacial score (nSPS) is 10.6. The van der Waals surface area contributed by atoms with E-state index in [2.05, 4.69) is 21.7 Å². The highest BCUT2D eigenvalue weighted by Gasteiger charge is 2.08. The van der Waals surface area contributed by atoms with Gasteiger partial charge in [0.05, 0.1) is 6.54 Å². The monoisotopic (exact) mass is 391 g/mol. The van der Waals surface area contributed by atoms with Crippen LogP contribution < -0.4 is 16.4 Å². The minimum Gasteiger partial charge on any atom is -0.384 e. The van der Waals surface area contributed by atoms with E-state index in [-0.39, 0.29) is 30.6 Å². The third kappa shape index (κ3) is 5.68. The maximum atomic E-state index is 12.0. The van der Waals surface area contributed by atoms with Gasteiger partial charge in [-0.15, -0.1) is 0 Å². The molecule has 6 N–H and O–H groups in total. The summed E-state index contributed by atoms with van der Waals surface area (Å²) in [7, 11) is 0. The van der Waals surface area contributed by atoms with Gasteiger partial charge in [-0.2, -0.15) is 0 Å². The van der Waals surface area contributed by atoms with Crippen LogP contribution in [-0.2, 0) is 22.4 Å². The van der Waals surface area contributed by atoms with Crippen molar-refractivity contribution in [3.8, 4) is 0 Å². The van der Waals surface area contributed by atoms with Gasteiger partial charge in [0.1, 0.15) is 5.84 Å². The van der Waals surface area contributed by atoms with Gasteiger partial charge in [0.2, 0.25) is 11.8 Å². The molecule has 2 amide bonds. The molecule has 0 spiro atoms. The number of amides is 2. The van der Waals surface area contributed by atoms with Gasteiger partial charge >= 0.3 is 0 Å². The zero-order valence-electron chi connectivity index (χ0n) is 16.1. The summed E-state index contributed by atoms with van der Waals surface area (Å²) < 4.78 is 0. The lowest BCUT2D eigenvalue weighted by Crippen LogP contribution is -2.37. The minimum absolute atomic E-state index is 0.000564. The number of carbonyl (C=O) groups excluding carboxylic acids is 2. The first-order chi connectivity index (χ1) is 14.0. The lowest BCUT2D eigenvalue weighted by atomic mass is 10.1. The van der Waals surface area contributed by atoms with Crippen molar-refractivity contribution in [1.29, 1.82) is 5.41 Å². The first kappa shape index (κ1) is 20.1. The van der Waals surface area contributed by atoms with Crippen LogP contribution in [0.5, 0.6) is 0 Å². The molecule has 29 heavy (non-hydrogen) atoms. The van der Waals surface area contributed by atoms with Crippen LogP contribution in [-0.4, -0.2) is 35.7 Å². The molecule has 0 aliphatic heterocycles. The number of para-hydroxylation sites is 1. The second kappa shape index (κ2) is 9.54. The number of H-pyrrole nitrogens is 1. The van der Waals surface area contributed by atoms with E-state index in [1.54, 1.807) is 12.1 Å². The number of rotatable bonds is 9. The van der Waals surface area contributed by atoms with E-state index in [0.29, 0.717) is 18.5 Å². The van der Waals surface area contributed by atoms with Gasteiger partial charge in [0.15, 0.2) is 0 Å². The number of aryl methyl sites for hydroxylation is 1. The number of nitrogen functional groups attached to an aromatic ring is 1. The molecule has 3 rings (SSSR count). The third-order valence-corrected chi connectivity index (χ3v) is 4.72. The lowest BCUT2D eigenvalue weighted by molar-refractivity contribution is -0.126. The molecule has 0 aliphatic carbocycles. The minimum atomic E-state index is -0.211. The Bertz CT molecular complexity index is 1020. The summed E-state index contributed by atoms with van der Waals surface area (Å²) in [6, 6.07) is 15.3. The highest BCUT2D eigenvalue weighted by atomic mass is 16.2. The van der Waals surface area contributed by atoms with Crippen LogP contribution in [0.2, 0.25) is 0 Å². The van der Waals surface area contributed by atoms with E-state index in [9.17, 15) is 9.59 Å². The number of hydrogen-bond donors (Lipinski definition) is 5. The largest absolute Gasteiger partial charge is 0.384 e. The summed E-state index contributed by atoms with van der Waals surface area (Å²) in [5, 5.41) is 14.1. The molecular formula is C22H25N5O2. The highest BCUT2D eigenvalue weighted by Crippen LogP contribution is 2.17. The van der Waals surface area contributed by atoms with Crippen molar-refractivity contribution in [2.75, 3.05) is 13.1 Å². The Balaban J connectivity index is 1.36. The number of amidine groups is 1. The van der Waals surface area contributed by atoms with E-state index >= 15 is 0 Å². The summed E-state index contributed by atoms with van der Waals surface area (Å²) in [6.07, 6.45) is 3.47. The summed E-state index contributed by atoms with van der Waals surface area (Å²) in [5.74, 6) is -0.401. The van der Waals surface area contributed by atoms with Crippen LogP contribution in [0.25, 0.3) is 10.9 Å². The Morgan fingerprint density at radius 2 is 1.83 bits per heavy atom. The summed E-state index contributed by atoms with van der Waals surface area (Å²) in [4.78, 5) is 27.2. The smallest absolute Gasteiger partial charge is 0.239 e. The van der Waals surface area contributed by atoms with Gasteiger partial charge in [-0.3, -0.25) is 15.0 Å². The fourth-order valence-electron chi connectivity index (χ4n) is 3.16. The number of nitrogens with one attached hydrogen (secondary N) is 4. The summed E-state index contributed by atoms with van der Waals surface area (Å²) >= 11 is 0. The second-order valence-corrected chi connectivity index (χ2v) is 6.85. The maximum absolute atomic E-state index is 12.0. The van der Waals surface area contributed by atoms with Crippen molar-refractivity contribution < 1.29 is 9.59 Å². The van der Waals surface area contributed by atoms with Gasteiger partial charge in [0, 0.05) is 35.6 Å². The zero-order valence-corrected chi connectivity index (χ0v) is 16.1. The first-order valence-electron chi connectivity index (χ1n) is 9.54. The predicted molar refractivity (Wildman–Crippen MR) is 114 cm³/mol. The van der Waals surface area contributed by atoms with E-state index in [1.807, 2.05) is 36.5 Å². The number of carbonyl (C=O) groups is 2. The van der Waals surface area contributed by atoms with Gasteiger partial charge < -0.3 is 21.4 Å². The molecule has 0 bridgehead atoms. The Morgan fingerprint density at radius 3 is 2.66 bits per heavy atom. The number of aromatic nitrogens is 1. The van der Waals surface area contributed by atoms with Crippen molar-refractivity contribution in [3.05, 3.63) is 71.4 Å². The van der Waals surface area contributed by atoms with Crippen LogP contribution in [0.3, 0.4) is 0 Å². The molecule has 7 heteroatoms. The molecule has 0 fully saturated rings. The molecule has 0 radical (unpaired) electrons. The van der Waals surface area contributed by atoms with Gasteiger partial charge in [-0.05, 0) is 36.1 Å². The van der Waals surface area contributed by atoms with Crippen LogP contribution >= 0.6 is 0 Å². The average molecular weight is 391 g/mol. The van der Waals surface area contributed by atoms with Gasteiger partial charge in [0.25, 0.3) is 0 Å². The predicted octanol–water partition coefficient (Wildman–Crippen LogP) is 1.86. The van der Waals surface area contributed by atoms with E-state index < -0.39 is 0 Å². The van der Waals surface area contributed by atoms with Gasteiger partial charge in [-0.1, -0.05) is 36.4 Å². The molecule has 3 aromatic rings.